The molecule has 0 bridgehead atoms. The fraction of sp³-hybridized carbons (Fsp3) is 0.273. The molecular weight excluding hydrogens is 162 g/mol. The van der Waals surface area contributed by atoms with Crippen molar-refractivity contribution >= 4 is 10.9 Å². The first kappa shape index (κ1) is 7.15. The van der Waals surface area contributed by atoms with E-state index in [0.717, 1.165) is 6.61 Å². The lowest BCUT2D eigenvalue weighted by Crippen LogP contribution is -1.90. The van der Waals surface area contributed by atoms with Gasteiger partial charge in [0.15, 0.2) is 0 Å². The van der Waals surface area contributed by atoms with Crippen molar-refractivity contribution in [2.75, 3.05) is 6.61 Å². The molecule has 1 fully saturated rings. The van der Waals surface area contributed by atoms with Gasteiger partial charge in [-0.1, -0.05) is 18.2 Å². The summed E-state index contributed by atoms with van der Waals surface area (Å²) >= 11 is 0. The van der Waals surface area contributed by atoms with E-state index in [1.807, 2.05) is 0 Å². The van der Waals surface area contributed by atoms with Crippen molar-refractivity contribution < 1.29 is 4.74 Å². The predicted molar refractivity (Wildman–Crippen MR) is 51.6 cm³/mol. The van der Waals surface area contributed by atoms with Crippen molar-refractivity contribution in [1.82, 2.24) is 4.57 Å². The number of aryl methyl sites for hydroxylation is 1. The maximum atomic E-state index is 5.31. The van der Waals surface area contributed by atoms with E-state index in [0.29, 0.717) is 6.10 Å². The number of hydrogen-bond acceptors (Lipinski definition) is 1. The first-order valence-electron chi connectivity index (χ1n) is 4.52. The zero-order valence-electron chi connectivity index (χ0n) is 7.53. The van der Waals surface area contributed by atoms with Gasteiger partial charge < -0.3 is 9.30 Å². The standard InChI is InChI=1S/C11H11NO/c1-12-6-5-8-3-2-4-9(11(8)12)10-7-13-10/h2-6,10H,7H2,1H3/t10-/m0/s1. The third-order valence-corrected chi connectivity index (χ3v) is 2.61. The molecule has 1 saturated heterocycles. The van der Waals surface area contributed by atoms with Gasteiger partial charge in [0.25, 0.3) is 0 Å². The molecule has 1 aliphatic rings. The molecule has 2 nitrogen and oxygen atoms in total. The molecule has 66 valence electrons. The summed E-state index contributed by atoms with van der Waals surface area (Å²) in [6, 6.07) is 8.53. The number of fused-ring (bicyclic) bond motifs is 1. The van der Waals surface area contributed by atoms with Crippen LogP contribution in [0.4, 0.5) is 0 Å². The van der Waals surface area contributed by atoms with Crippen molar-refractivity contribution in [2.24, 2.45) is 7.05 Å². The second-order valence-electron chi connectivity index (χ2n) is 3.53. The van der Waals surface area contributed by atoms with E-state index in [1.165, 1.54) is 16.5 Å². The predicted octanol–water partition coefficient (Wildman–Crippen LogP) is 2.25. The molecule has 0 saturated carbocycles. The van der Waals surface area contributed by atoms with Gasteiger partial charge in [0.2, 0.25) is 0 Å². The summed E-state index contributed by atoms with van der Waals surface area (Å²) < 4.78 is 7.47. The van der Waals surface area contributed by atoms with Gasteiger partial charge in [0.1, 0.15) is 6.10 Å². The van der Waals surface area contributed by atoms with Gasteiger partial charge in [-0.05, 0) is 11.5 Å². The summed E-state index contributed by atoms with van der Waals surface area (Å²) in [4.78, 5) is 0. The lowest BCUT2D eigenvalue weighted by atomic mass is 10.1. The van der Waals surface area contributed by atoms with Crippen LogP contribution >= 0.6 is 0 Å². The monoisotopic (exact) mass is 173 g/mol. The molecule has 0 radical (unpaired) electrons. The lowest BCUT2D eigenvalue weighted by molar-refractivity contribution is 0.416. The quantitative estimate of drug-likeness (QED) is 0.604. The molecule has 0 N–H and O–H groups in total. The minimum Gasteiger partial charge on any atom is -0.368 e. The molecule has 2 aromatic rings. The normalized spacial score (nSPS) is 20.8. The van der Waals surface area contributed by atoms with Gasteiger partial charge >= 0.3 is 0 Å². The molecule has 1 aromatic carbocycles. The van der Waals surface area contributed by atoms with Gasteiger partial charge in [-0.25, -0.2) is 0 Å². The Kier molecular flexibility index (Phi) is 1.30. The number of hydrogen-bond donors (Lipinski definition) is 0. The zero-order chi connectivity index (χ0) is 8.84. The highest BCUT2D eigenvalue weighted by Crippen LogP contribution is 2.34. The topological polar surface area (TPSA) is 17.5 Å². The number of ether oxygens (including phenoxy) is 1. The van der Waals surface area contributed by atoms with Gasteiger partial charge in [-0.2, -0.15) is 0 Å². The van der Waals surface area contributed by atoms with Crippen molar-refractivity contribution in [3.63, 3.8) is 0 Å². The molecule has 0 aliphatic carbocycles. The SMILES string of the molecule is Cn1ccc2cccc([C@@H]3CO3)c21. The highest BCUT2D eigenvalue weighted by Gasteiger charge is 2.27. The molecule has 1 atom stereocenters. The van der Waals surface area contributed by atoms with Gasteiger partial charge in [-0.3, -0.25) is 0 Å². The summed E-state index contributed by atoms with van der Waals surface area (Å²) in [7, 11) is 2.08. The molecule has 13 heavy (non-hydrogen) atoms. The molecule has 1 aliphatic heterocycles. The first-order chi connectivity index (χ1) is 6.36. The number of benzene rings is 1. The van der Waals surface area contributed by atoms with E-state index in [4.69, 9.17) is 4.74 Å². The van der Waals surface area contributed by atoms with Crippen LogP contribution in [0.3, 0.4) is 0 Å². The lowest BCUT2D eigenvalue weighted by Gasteiger charge is -2.02. The fourth-order valence-electron chi connectivity index (χ4n) is 1.88. The van der Waals surface area contributed by atoms with Crippen LogP contribution in [0, 0.1) is 0 Å². The molecule has 0 spiro atoms. The highest BCUT2D eigenvalue weighted by molar-refractivity contribution is 5.83. The zero-order valence-corrected chi connectivity index (χ0v) is 7.53. The van der Waals surface area contributed by atoms with E-state index in [-0.39, 0.29) is 0 Å². The van der Waals surface area contributed by atoms with E-state index in [1.54, 1.807) is 0 Å². The van der Waals surface area contributed by atoms with Gasteiger partial charge in [0.05, 0.1) is 12.1 Å². The van der Waals surface area contributed by atoms with Crippen molar-refractivity contribution in [2.45, 2.75) is 6.10 Å². The van der Waals surface area contributed by atoms with Crippen LogP contribution in [0.2, 0.25) is 0 Å². The number of rotatable bonds is 1. The second-order valence-corrected chi connectivity index (χ2v) is 3.53. The number of para-hydroxylation sites is 1. The van der Waals surface area contributed by atoms with E-state index >= 15 is 0 Å². The van der Waals surface area contributed by atoms with E-state index < -0.39 is 0 Å². The first-order valence-corrected chi connectivity index (χ1v) is 4.52. The Morgan fingerprint density at radius 3 is 3.00 bits per heavy atom. The summed E-state index contributed by atoms with van der Waals surface area (Å²) in [5.41, 5.74) is 2.63. The molecule has 0 unspecified atom stereocenters. The highest BCUT2D eigenvalue weighted by atomic mass is 16.6. The van der Waals surface area contributed by atoms with Crippen LogP contribution in [0.25, 0.3) is 10.9 Å². The van der Waals surface area contributed by atoms with Crippen molar-refractivity contribution in [3.8, 4) is 0 Å². The molecule has 3 rings (SSSR count). The van der Waals surface area contributed by atoms with Crippen LogP contribution in [-0.2, 0) is 11.8 Å². The van der Waals surface area contributed by atoms with Crippen LogP contribution in [0.1, 0.15) is 11.7 Å². The van der Waals surface area contributed by atoms with Crippen LogP contribution < -0.4 is 0 Å². The Balaban J connectivity index is 2.36. The molecular formula is C11H11NO. The summed E-state index contributed by atoms with van der Waals surface area (Å²) in [6.07, 6.45) is 2.44. The number of epoxide rings is 1. The van der Waals surface area contributed by atoms with Crippen molar-refractivity contribution in [1.29, 1.82) is 0 Å². The van der Waals surface area contributed by atoms with E-state index in [9.17, 15) is 0 Å². The molecule has 0 amide bonds. The van der Waals surface area contributed by atoms with Crippen LogP contribution in [0.5, 0.6) is 0 Å². The third-order valence-electron chi connectivity index (χ3n) is 2.61. The Bertz CT molecular complexity index is 454. The van der Waals surface area contributed by atoms with Crippen molar-refractivity contribution in [3.05, 3.63) is 36.0 Å². The third kappa shape index (κ3) is 0.988. The molecule has 2 heteroatoms. The Morgan fingerprint density at radius 2 is 2.23 bits per heavy atom. The minimum atomic E-state index is 0.345. The molecule has 2 heterocycles. The average Bonchev–Trinajstić information content (AvgIpc) is 2.92. The molecule has 1 aromatic heterocycles. The Hall–Kier alpha value is -1.28. The average molecular weight is 173 g/mol. The van der Waals surface area contributed by atoms with E-state index in [2.05, 4.69) is 42.1 Å². The van der Waals surface area contributed by atoms with Gasteiger partial charge in [-0.15, -0.1) is 0 Å². The fourth-order valence-corrected chi connectivity index (χ4v) is 1.88. The maximum Gasteiger partial charge on any atom is 0.108 e. The largest absolute Gasteiger partial charge is 0.368 e. The smallest absolute Gasteiger partial charge is 0.108 e. The minimum absolute atomic E-state index is 0.345. The Morgan fingerprint density at radius 1 is 1.38 bits per heavy atom. The van der Waals surface area contributed by atoms with Crippen LogP contribution in [-0.4, -0.2) is 11.2 Å². The maximum absolute atomic E-state index is 5.31. The van der Waals surface area contributed by atoms with Crippen LogP contribution in [0.15, 0.2) is 30.5 Å². The number of aromatic nitrogens is 1. The summed E-state index contributed by atoms with van der Waals surface area (Å²) in [6.45, 7) is 0.879. The summed E-state index contributed by atoms with van der Waals surface area (Å²) in [5.74, 6) is 0. The number of nitrogens with zero attached hydrogens (tertiary/aromatic N) is 1. The van der Waals surface area contributed by atoms with Gasteiger partial charge in [0, 0.05) is 18.8 Å². The second kappa shape index (κ2) is 2.36. The summed E-state index contributed by atoms with van der Waals surface area (Å²) in [5, 5.41) is 1.30. The Labute approximate surface area is 76.7 Å².